The molecule has 5 heteroatoms. The lowest BCUT2D eigenvalue weighted by molar-refractivity contribution is 0.288. The molecule has 96 valence electrons. The second-order valence-corrected chi connectivity index (χ2v) is 4.15. The van der Waals surface area contributed by atoms with Crippen molar-refractivity contribution in [1.82, 2.24) is 9.38 Å². The third kappa shape index (κ3) is 2.22. The molecule has 4 nitrogen and oxygen atoms in total. The van der Waals surface area contributed by atoms with Crippen molar-refractivity contribution in [3.8, 4) is 5.75 Å². The number of nitrogens with two attached hydrogens (primary N) is 1. The number of rotatable bonds is 3. The van der Waals surface area contributed by atoms with Gasteiger partial charge in [-0.2, -0.15) is 0 Å². The van der Waals surface area contributed by atoms with E-state index >= 15 is 0 Å². The first-order valence-corrected chi connectivity index (χ1v) is 5.83. The molecule has 3 aromatic rings. The van der Waals surface area contributed by atoms with Crippen molar-refractivity contribution in [2.24, 2.45) is 0 Å². The van der Waals surface area contributed by atoms with Crippen molar-refractivity contribution in [1.29, 1.82) is 0 Å². The van der Waals surface area contributed by atoms with E-state index in [9.17, 15) is 4.39 Å². The van der Waals surface area contributed by atoms with Crippen LogP contribution in [0.25, 0.3) is 5.65 Å². The number of anilines is 1. The van der Waals surface area contributed by atoms with Crippen molar-refractivity contribution in [2.45, 2.75) is 6.61 Å². The number of ether oxygens (including phenoxy) is 1. The molecule has 19 heavy (non-hydrogen) atoms. The van der Waals surface area contributed by atoms with Crippen LogP contribution in [0.1, 0.15) is 5.69 Å². The molecule has 0 atom stereocenters. The number of halogens is 1. The molecule has 0 aliphatic rings. The van der Waals surface area contributed by atoms with Gasteiger partial charge in [0.25, 0.3) is 0 Å². The summed E-state index contributed by atoms with van der Waals surface area (Å²) in [6.07, 6.45) is 3.73. The zero-order valence-electron chi connectivity index (χ0n) is 10.1. The number of benzene rings is 1. The molecule has 2 N–H and O–H groups in total. The largest absolute Gasteiger partial charge is 0.482 e. The van der Waals surface area contributed by atoms with Crippen LogP contribution in [-0.4, -0.2) is 9.38 Å². The monoisotopic (exact) mass is 257 g/mol. The Balaban J connectivity index is 1.82. The minimum atomic E-state index is -0.469. The number of fused-ring (bicyclic) bond motifs is 1. The van der Waals surface area contributed by atoms with Crippen LogP contribution in [0.5, 0.6) is 5.75 Å². The second-order valence-electron chi connectivity index (χ2n) is 4.15. The molecule has 2 aromatic heterocycles. The van der Waals surface area contributed by atoms with Gasteiger partial charge in [-0.05, 0) is 24.3 Å². The molecule has 0 saturated heterocycles. The van der Waals surface area contributed by atoms with Gasteiger partial charge in [0.05, 0.1) is 11.4 Å². The van der Waals surface area contributed by atoms with Gasteiger partial charge in [0, 0.05) is 12.4 Å². The van der Waals surface area contributed by atoms with E-state index in [1.165, 1.54) is 6.07 Å². The molecule has 3 rings (SSSR count). The van der Waals surface area contributed by atoms with Crippen LogP contribution >= 0.6 is 0 Å². The molecule has 2 heterocycles. The van der Waals surface area contributed by atoms with Crippen LogP contribution in [0.3, 0.4) is 0 Å². The summed E-state index contributed by atoms with van der Waals surface area (Å²) in [6.45, 7) is 0.173. The summed E-state index contributed by atoms with van der Waals surface area (Å²) in [7, 11) is 0. The van der Waals surface area contributed by atoms with Crippen LogP contribution in [-0.2, 0) is 6.61 Å². The fourth-order valence-corrected chi connectivity index (χ4v) is 1.88. The summed E-state index contributed by atoms with van der Waals surface area (Å²) in [6, 6.07) is 10.2. The number of nitrogens with zero attached hydrogens (tertiary/aromatic N) is 2. The van der Waals surface area contributed by atoms with Crippen molar-refractivity contribution in [2.75, 3.05) is 5.73 Å². The molecule has 0 radical (unpaired) electrons. The number of hydrogen-bond donors (Lipinski definition) is 1. The van der Waals surface area contributed by atoms with Gasteiger partial charge in [-0.1, -0.05) is 12.1 Å². The van der Waals surface area contributed by atoms with Gasteiger partial charge in [0.1, 0.15) is 12.3 Å². The lowest BCUT2D eigenvalue weighted by Gasteiger charge is -2.07. The van der Waals surface area contributed by atoms with Gasteiger partial charge >= 0.3 is 0 Å². The van der Waals surface area contributed by atoms with E-state index < -0.39 is 5.82 Å². The van der Waals surface area contributed by atoms with Crippen molar-refractivity contribution in [3.63, 3.8) is 0 Å². The molecule has 0 spiro atoms. The molecular formula is C14H12FN3O. The first kappa shape index (κ1) is 11.5. The highest BCUT2D eigenvalue weighted by atomic mass is 19.1. The number of nitrogen functional groups attached to an aromatic ring is 1. The van der Waals surface area contributed by atoms with Crippen LogP contribution in [0.4, 0.5) is 10.1 Å². The van der Waals surface area contributed by atoms with Crippen LogP contribution in [0, 0.1) is 5.82 Å². The number of hydrogen-bond acceptors (Lipinski definition) is 3. The first-order valence-electron chi connectivity index (χ1n) is 5.83. The van der Waals surface area contributed by atoms with Gasteiger partial charge in [-0.15, -0.1) is 0 Å². The molecule has 0 fully saturated rings. The van der Waals surface area contributed by atoms with E-state index in [0.717, 1.165) is 5.65 Å². The Kier molecular flexibility index (Phi) is 2.79. The number of aromatic nitrogens is 2. The number of pyridine rings is 1. The Morgan fingerprint density at radius 2 is 2.11 bits per heavy atom. The van der Waals surface area contributed by atoms with E-state index in [0.29, 0.717) is 5.69 Å². The Morgan fingerprint density at radius 3 is 2.89 bits per heavy atom. The smallest absolute Gasteiger partial charge is 0.178 e. The lowest BCUT2D eigenvalue weighted by Crippen LogP contribution is -2.01. The highest BCUT2D eigenvalue weighted by molar-refractivity contribution is 5.52. The topological polar surface area (TPSA) is 52.5 Å². The maximum Gasteiger partial charge on any atom is 0.178 e. The summed E-state index contributed by atoms with van der Waals surface area (Å²) < 4.78 is 20.8. The van der Waals surface area contributed by atoms with Gasteiger partial charge in [-0.3, -0.25) is 0 Å². The van der Waals surface area contributed by atoms with Crippen LogP contribution in [0.2, 0.25) is 0 Å². The minimum absolute atomic E-state index is 0.0690. The summed E-state index contributed by atoms with van der Waals surface area (Å²) in [5.41, 5.74) is 7.49. The first-order chi connectivity index (χ1) is 9.24. The molecular weight excluding hydrogens is 245 g/mol. The fourth-order valence-electron chi connectivity index (χ4n) is 1.88. The molecule has 0 aliphatic carbocycles. The average Bonchev–Trinajstić information content (AvgIpc) is 2.81. The van der Waals surface area contributed by atoms with Crippen LogP contribution < -0.4 is 10.5 Å². The van der Waals surface area contributed by atoms with Gasteiger partial charge in [0.2, 0.25) is 0 Å². The van der Waals surface area contributed by atoms with E-state index in [2.05, 4.69) is 4.98 Å². The average molecular weight is 257 g/mol. The Bertz CT molecular complexity index is 670. The highest BCUT2D eigenvalue weighted by Gasteiger charge is 2.08. The summed E-state index contributed by atoms with van der Waals surface area (Å²) in [5, 5.41) is 0. The maximum atomic E-state index is 13.5. The Morgan fingerprint density at radius 1 is 1.21 bits per heavy atom. The van der Waals surface area contributed by atoms with E-state index in [4.69, 9.17) is 10.5 Å². The van der Waals surface area contributed by atoms with E-state index in [-0.39, 0.29) is 18.0 Å². The van der Waals surface area contributed by atoms with E-state index in [1.807, 2.05) is 35.0 Å². The molecule has 0 unspecified atom stereocenters. The number of para-hydroxylation sites is 1. The summed E-state index contributed by atoms with van der Waals surface area (Å²) >= 11 is 0. The summed E-state index contributed by atoms with van der Waals surface area (Å²) in [4.78, 5) is 4.36. The fraction of sp³-hybridized carbons (Fsp3) is 0.0714. The van der Waals surface area contributed by atoms with Gasteiger partial charge in [0.15, 0.2) is 11.6 Å². The predicted octanol–water partition coefficient (Wildman–Crippen LogP) is 2.63. The number of imidazole rings is 1. The lowest BCUT2D eigenvalue weighted by atomic mass is 10.3. The second kappa shape index (κ2) is 4.61. The Labute approximate surface area is 109 Å². The standard InChI is InChI=1S/C14H12FN3O/c15-11-4-3-5-12(16)14(11)19-9-10-8-18-7-2-1-6-13(18)17-10/h1-8H,9,16H2. The molecule has 0 aliphatic heterocycles. The molecule has 0 amide bonds. The van der Waals surface area contributed by atoms with Crippen LogP contribution in [0.15, 0.2) is 48.8 Å². The predicted molar refractivity (Wildman–Crippen MR) is 70.3 cm³/mol. The quantitative estimate of drug-likeness (QED) is 0.734. The Hall–Kier alpha value is -2.56. The van der Waals surface area contributed by atoms with E-state index in [1.54, 1.807) is 12.1 Å². The molecule has 0 saturated carbocycles. The maximum absolute atomic E-state index is 13.5. The minimum Gasteiger partial charge on any atom is -0.482 e. The van der Waals surface area contributed by atoms with Crippen molar-refractivity contribution < 1.29 is 9.13 Å². The summed E-state index contributed by atoms with van der Waals surface area (Å²) in [5.74, 6) is -0.400. The zero-order chi connectivity index (χ0) is 13.2. The van der Waals surface area contributed by atoms with Gasteiger partial charge < -0.3 is 14.9 Å². The normalized spacial score (nSPS) is 10.8. The molecule has 1 aromatic carbocycles. The molecule has 0 bridgehead atoms. The third-order valence-corrected chi connectivity index (χ3v) is 2.78. The third-order valence-electron chi connectivity index (χ3n) is 2.78. The highest BCUT2D eigenvalue weighted by Crippen LogP contribution is 2.25. The van der Waals surface area contributed by atoms with Gasteiger partial charge in [-0.25, -0.2) is 9.37 Å². The van der Waals surface area contributed by atoms with Crippen molar-refractivity contribution >= 4 is 11.3 Å². The van der Waals surface area contributed by atoms with Crippen molar-refractivity contribution in [3.05, 3.63) is 60.3 Å². The SMILES string of the molecule is Nc1cccc(F)c1OCc1cn2ccccc2n1. The zero-order valence-corrected chi connectivity index (χ0v) is 10.1.